The monoisotopic (exact) mass is 320 g/mol. The van der Waals surface area contributed by atoms with E-state index in [0.717, 1.165) is 11.4 Å². The first-order valence-corrected chi connectivity index (χ1v) is 7.92. The van der Waals surface area contributed by atoms with E-state index in [1.54, 1.807) is 4.68 Å². The zero-order valence-corrected chi connectivity index (χ0v) is 13.9. The molecule has 0 saturated heterocycles. The molecule has 1 N–H and O–H groups in total. The van der Waals surface area contributed by atoms with Crippen molar-refractivity contribution in [1.82, 2.24) is 20.1 Å². The van der Waals surface area contributed by atoms with Gasteiger partial charge in [-0.25, -0.2) is 4.98 Å². The van der Waals surface area contributed by atoms with Crippen molar-refractivity contribution in [2.24, 2.45) is 7.05 Å². The van der Waals surface area contributed by atoms with Crippen molar-refractivity contribution < 1.29 is 4.79 Å². The molecule has 5 heteroatoms. The van der Waals surface area contributed by atoms with Gasteiger partial charge in [-0.2, -0.15) is 5.10 Å². The van der Waals surface area contributed by atoms with Gasteiger partial charge in [0, 0.05) is 25.6 Å². The van der Waals surface area contributed by atoms with E-state index in [4.69, 9.17) is 0 Å². The lowest BCUT2D eigenvalue weighted by Crippen LogP contribution is -2.26. The molecule has 1 aromatic heterocycles. The number of amides is 1. The molecule has 1 amide bonds. The van der Waals surface area contributed by atoms with Crippen LogP contribution in [0.2, 0.25) is 0 Å². The highest BCUT2D eigenvalue weighted by Gasteiger charge is 2.07. The maximum Gasteiger partial charge on any atom is 0.251 e. The van der Waals surface area contributed by atoms with Gasteiger partial charge < -0.3 is 5.32 Å². The molecule has 0 spiro atoms. The van der Waals surface area contributed by atoms with Crippen LogP contribution in [0.5, 0.6) is 0 Å². The summed E-state index contributed by atoms with van der Waals surface area (Å²) in [5.41, 5.74) is 4.18. The third kappa shape index (κ3) is 3.51. The van der Waals surface area contributed by atoms with Crippen LogP contribution < -0.4 is 5.32 Å². The van der Waals surface area contributed by atoms with Crippen molar-refractivity contribution in [3.63, 3.8) is 0 Å². The van der Waals surface area contributed by atoms with Crippen molar-refractivity contribution in [2.45, 2.75) is 13.3 Å². The Morgan fingerprint density at radius 3 is 2.54 bits per heavy atom. The Balaban J connectivity index is 1.62. The molecular formula is C19H20N4O. The Morgan fingerprint density at radius 1 is 1.12 bits per heavy atom. The van der Waals surface area contributed by atoms with Gasteiger partial charge in [0.1, 0.15) is 12.2 Å². The second kappa shape index (κ2) is 7.08. The standard InChI is InChI=1S/C19H20N4O/c1-14-5-3-4-6-17(14)15-7-9-16(10-8-15)19(24)20-12-11-18-21-13-22-23(18)2/h3-10,13H,11-12H2,1-2H3,(H,20,24). The molecule has 2 aromatic carbocycles. The molecular weight excluding hydrogens is 300 g/mol. The number of aryl methyl sites for hydroxylation is 2. The molecule has 3 rings (SSSR count). The topological polar surface area (TPSA) is 59.8 Å². The van der Waals surface area contributed by atoms with Crippen LogP contribution >= 0.6 is 0 Å². The smallest absolute Gasteiger partial charge is 0.251 e. The van der Waals surface area contributed by atoms with Gasteiger partial charge in [0.15, 0.2) is 0 Å². The van der Waals surface area contributed by atoms with Crippen LogP contribution in [0, 0.1) is 6.92 Å². The van der Waals surface area contributed by atoms with Crippen LogP contribution in [-0.2, 0) is 13.5 Å². The first kappa shape index (κ1) is 15.9. The molecule has 0 unspecified atom stereocenters. The number of carbonyl (C=O) groups is 1. The predicted octanol–water partition coefficient (Wildman–Crippen LogP) is 2.76. The molecule has 0 atom stereocenters. The number of hydrogen-bond acceptors (Lipinski definition) is 3. The van der Waals surface area contributed by atoms with E-state index in [2.05, 4.69) is 34.5 Å². The van der Waals surface area contributed by atoms with Gasteiger partial charge in [-0.05, 0) is 35.7 Å². The fraction of sp³-hybridized carbons (Fsp3) is 0.211. The Morgan fingerprint density at radius 2 is 1.88 bits per heavy atom. The summed E-state index contributed by atoms with van der Waals surface area (Å²) >= 11 is 0. The molecule has 0 aliphatic heterocycles. The van der Waals surface area contributed by atoms with Crippen molar-refractivity contribution in [3.8, 4) is 11.1 Å². The van der Waals surface area contributed by atoms with Crippen LogP contribution in [0.3, 0.4) is 0 Å². The second-order valence-corrected chi connectivity index (χ2v) is 5.70. The number of benzene rings is 2. The minimum atomic E-state index is -0.0755. The van der Waals surface area contributed by atoms with E-state index in [-0.39, 0.29) is 5.91 Å². The van der Waals surface area contributed by atoms with Crippen molar-refractivity contribution in [1.29, 1.82) is 0 Å². The van der Waals surface area contributed by atoms with E-state index in [1.165, 1.54) is 17.5 Å². The maximum absolute atomic E-state index is 12.2. The molecule has 0 bridgehead atoms. The summed E-state index contributed by atoms with van der Waals surface area (Å²) in [6.07, 6.45) is 2.17. The van der Waals surface area contributed by atoms with E-state index >= 15 is 0 Å². The van der Waals surface area contributed by atoms with Crippen LogP contribution in [0.1, 0.15) is 21.7 Å². The van der Waals surface area contributed by atoms with Crippen LogP contribution in [0.4, 0.5) is 0 Å². The maximum atomic E-state index is 12.2. The van der Waals surface area contributed by atoms with Crippen LogP contribution in [0.25, 0.3) is 11.1 Å². The van der Waals surface area contributed by atoms with Gasteiger partial charge in [-0.1, -0.05) is 36.4 Å². The first-order valence-electron chi connectivity index (χ1n) is 7.92. The number of carbonyl (C=O) groups excluding carboxylic acids is 1. The van der Waals surface area contributed by atoms with Crippen molar-refractivity contribution >= 4 is 5.91 Å². The zero-order valence-electron chi connectivity index (χ0n) is 13.9. The van der Waals surface area contributed by atoms with Gasteiger partial charge in [-0.15, -0.1) is 0 Å². The molecule has 24 heavy (non-hydrogen) atoms. The molecule has 0 aliphatic rings. The third-order valence-corrected chi connectivity index (χ3v) is 4.04. The fourth-order valence-corrected chi connectivity index (χ4v) is 2.63. The Labute approximate surface area is 141 Å². The molecule has 0 aliphatic carbocycles. The minimum Gasteiger partial charge on any atom is -0.352 e. The summed E-state index contributed by atoms with van der Waals surface area (Å²) in [6, 6.07) is 15.9. The van der Waals surface area contributed by atoms with Gasteiger partial charge in [0.2, 0.25) is 0 Å². The molecule has 3 aromatic rings. The quantitative estimate of drug-likeness (QED) is 0.786. The Bertz CT molecular complexity index is 837. The largest absolute Gasteiger partial charge is 0.352 e. The molecule has 0 radical (unpaired) electrons. The van der Waals surface area contributed by atoms with Crippen LogP contribution in [0.15, 0.2) is 54.9 Å². The van der Waals surface area contributed by atoms with Crippen molar-refractivity contribution in [2.75, 3.05) is 6.54 Å². The highest BCUT2D eigenvalue weighted by atomic mass is 16.1. The molecule has 122 valence electrons. The van der Waals surface area contributed by atoms with E-state index in [0.29, 0.717) is 18.5 Å². The zero-order chi connectivity index (χ0) is 16.9. The second-order valence-electron chi connectivity index (χ2n) is 5.70. The Hall–Kier alpha value is -2.95. The predicted molar refractivity (Wildman–Crippen MR) is 93.7 cm³/mol. The first-order chi connectivity index (χ1) is 11.6. The lowest BCUT2D eigenvalue weighted by Gasteiger charge is -2.08. The van der Waals surface area contributed by atoms with Gasteiger partial charge in [-0.3, -0.25) is 9.48 Å². The fourth-order valence-electron chi connectivity index (χ4n) is 2.63. The lowest BCUT2D eigenvalue weighted by molar-refractivity contribution is 0.0954. The summed E-state index contributed by atoms with van der Waals surface area (Å²) < 4.78 is 1.71. The van der Waals surface area contributed by atoms with Gasteiger partial charge in [0.25, 0.3) is 5.91 Å². The summed E-state index contributed by atoms with van der Waals surface area (Å²) in [6.45, 7) is 2.62. The van der Waals surface area contributed by atoms with Gasteiger partial charge >= 0.3 is 0 Å². The Kier molecular flexibility index (Phi) is 4.70. The third-order valence-electron chi connectivity index (χ3n) is 4.04. The van der Waals surface area contributed by atoms with Crippen LogP contribution in [-0.4, -0.2) is 27.2 Å². The average Bonchev–Trinajstić information content (AvgIpc) is 3.00. The highest BCUT2D eigenvalue weighted by molar-refractivity contribution is 5.94. The van der Waals surface area contributed by atoms with Gasteiger partial charge in [0.05, 0.1) is 0 Å². The van der Waals surface area contributed by atoms with Crippen molar-refractivity contribution in [3.05, 3.63) is 71.8 Å². The minimum absolute atomic E-state index is 0.0755. The normalized spacial score (nSPS) is 10.6. The summed E-state index contributed by atoms with van der Waals surface area (Å²) in [7, 11) is 1.84. The molecule has 5 nitrogen and oxygen atoms in total. The van der Waals surface area contributed by atoms with E-state index in [9.17, 15) is 4.79 Å². The lowest BCUT2D eigenvalue weighted by atomic mass is 9.99. The SMILES string of the molecule is Cc1ccccc1-c1ccc(C(=O)NCCc2ncnn2C)cc1. The average molecular weight is 320 g/mol. The molecule has 0 fully saturated rings. The number of aromatic nitrogens is 3. The number of rotatable bonds is 5. The summed E-state index contributed by atoms with van der Waals surface area (Å²) in [5, 5.41) is 6.93. The number of nitrogens with one attached hydrogen (secondary N) is 1. The molecule has 0 saturated carbocycles. The highest BCUT2D eigenvalue weighted by Crippen LogP contribution is 2.23. The number of nitrogens with zero attached hydrogens (tertiary/aromatic N) is 3. The molecule has 1 heterocycles. The van der Waals surface area contributed by atoms with E-state index < -0.39 is 0 Å². The number of hydrogen-bond donors (Lipinski definition) is 1. The summed E-state index contributed by atoms with van der Waals surface area (Å²) in [4.78, 5) is 16.4. The summed E-state index contributed by atoms with van der Waals surface area (Å²) in [5.74, 6) is 0.777. The van der Waals surface area contributed by atoms with E-state index in [1.807, 2.05) is 43.4 Å².